The molecule has 0 amide bonds. The third kappa shape index (κ3) is 2.77. The standard InChI is InChI=1S/C11H15BrN2O/c12-10-2-1-9(7-14-10)11(13)8-3-5-15-6-4-8/h1-2,7-8,11H,3-6,13H2/t11-/m0/s1. The van der Waals surface area contributed by atoms with Gasteiger partial charge in [-0.15, -0.1) is 0 Å². The van der Waals surface area contributed by atoms with Crippen molar-refractivity contribution < 1.29 is 4.74 Å². The van der Waals surface area contributed by atoms with Crippen molar-refractivity contribution in [3.8, 4) is 0 Å². The zero-order valence-corrected chi connectivity index (χ0v) is 10.1. The van der Waals surface area contributed by atoms with Gasteiger partial charge in [0.25, 0.3) is 0 Å². The molecule has 1 aromatic rings. The van der Waals surface area contributed by atoms with Crippen LogP contribution in [0.15, 0.2) is 22.9 Å². The predicted octanol–water partition coefficient (Wildman–Crippen LogP) is 2.27. The molecule has 1 saturated heterocycles. The van der Waals surface area contributed by atoms with E-state index in [1.54, 1.807) is 0 Å². The highest BCUT2D eigenvalue weighted by molar-refractivity contribution is 9.10. The van der Waals surface area contributed by atoms with Crippen molar-refractivity contribution in [1.82, 2.24) is 4.98 Å². The average Bonchev–Trinajstić information content (AvgIpc) is 2.30. The van der Waals surface area contributed by atoms with Crippen molar-refractivity contribution in [1.29, 1.82) is 0 Å². The lowest BCUT2D eigenvalue weighted by Gasteiger charge is -2.27. The van der Waals surface area contributed by atoms with Crippen LogP contribution in [0, 0.1) is 5.92 Å². The largest absolute Gasteiger partial charge is 0.381 e. The van der Waals surface area contributed by atoms with Crippen LogP contribution in [0.5, 0.6) is 0 Å². The van der Waals surface area contributed by atoms with Crippen LogP contribution in [-0.2, 0) is 4.74 Å². The summed E-state index contributed by atoms with van der Waals surface area (Å²) in [6.45, 7) is 1.67. The highest BCUT2D eigenvalue weighted by Gasteiger charge is 2.22. The first-order valence-electron chi connectivity index (χ1n) is 5.22. The van der Waals surface area contributed by atoms with Crippen LogP contribution in [0.2, 0.25) is 0 Å². The van der Waals surface area contributed by atoms with Crippen LogP contribution in [0.25, 0.3) is 0 Å². The highest BCUT2D eigenvalue weighted by atomic mass is 79.9. The molecule has 0 bridgehead atoms. The first kappa shape index (κ1) is 11.0. The van der Waals surface area contributed by atoms with E-state index in [0.717, 1.165) is 36.2 Å². The molecule has 4 heteroatoms. The van der Waals surface area contributed by atoms with Gasteiger partial charge in [-0.1, -0.05) is 6.07 Å². The molecule has 2 rings (SSSR count). The van der Waals surface area contributed by atoms with E-state index in [4.69, 9.17) is 10.5 Å². The normalized spacial score (nSPS) is 20.1. The van der Waals surface area contributed by atoms with Gasteiger partial charge in [-0.2, -0.15) is 0 Å². The zero-order valence-electron chi connectivity index (χ0n) is 8.53. The third-order valence-electron chi connectivity index (χ3n) is 2.91. The summed E-state index contributed by atoms with van der Waals surface area (Å²) in [5.41, 5.74) is 7.32. The summed E-state index contributed by atoms with van der Waals surface area (Å²) in [6, 6.07) is 4.07. The molecule has 15 heavy (non-hydrogen) atoms. The SMILES string of the molecule is N[C@H](c1ccc(Br)nc1)C1CCOCC1. The minimum atomic E-state index is 0.0921. The molecule has 1 fully saturated rings. The Morgan fingerprint density at radius 1 is 1.40 bits per heavy atom. The van der Waals surface area contributed by atoms with Crippen molar-refractivity contribution in [2.45, 2.75) is 18.9 Å². The van der Waals surface area contributed by atoms with Crippen LogP contribution in [-0.4, -0.2) is 18.2 Å². The lowest BCUT2D eigenvalue weighted by atomic mass is 9.88. The zero-order chi connectivity index (χ0) is 10.7. The first-order chi connectivity index (χ1) is 7.27. The number of hydrogen-bond donors (Lipinski definition) is 1. The van der Waals surface area contributed by atoms with Crippen molar-refractivity contribution in [2.75, 3.05) is 13.2 Å². The van der Waals surface area contributed by atoms with E-state index in [1.807, 2.05) is 18.3 Å². The van der Waals surface area contributed by atoms with Crippen molar-refractivity contribution in [3.63, 3.8) is 0 Å². The Hall–Kier alpha value is -0.450. The molecule has 1 atom stereocenters. The maximum Gasteiger partial charge on any atom is 0.106 e. The lowest BCUT2D eigenvalue weighted by Crippen LogP contribution is -2.27. The fraction of sp³-hybridized carbons (Fsp3) is 0.545. The van der Waals surface area contributed by atoms with Crippen molar-refractivity contribution in [3.05, 3.63) is 28.5 Å². The third-order valence-corrected chi connectivity index (χ3v) is 3.38. The van der Waals surface area contributed by atoms with Crippen molar-refractivity contribution in [2.24, 2.45) is 11.7 Å². The highest BCUT2D eigenvalue weighted by Crippen LogP contribution is 2.27. The summed E-state index contributed by atoms with van der Waals surface area (Å²) in [6.07, 6.45) is 3.96. The molecule has 0 aromatic carbocycles. The number of nitrogens with two attached hydrogens (primary N) is 1. The monoisotopic (exact) mass is 270 g/mol. The van der Waals surface area contributed by atoms with Crippen LogP contribution in [0.4, 0.5) is 0 Å². The van der Waals surface area contributed by atoms with E-state index in [-0.39, 0.29) is 6.04 Å². The Balaban J connectivity index is 2.05. The first-order valence-corrected chi connectivity index (χ1v) is 6.01. The second-order valence-electron chi connectivity index (χ2n) is 3.89. The second kappa shape index (κ2) is 5.05. The summed E-state index contributed by atoms with van der Waals surface area (Å²) in [7, 11) is 0. The van der Waals surface area contributed by atoms with Gasteiger partial charge < -0.3 is 10.5 Å². The number of ether oxygens (including phenoxy) is 1. The van der Waals surface area contributed by atoms with E-state index < -0.39 is 0 Å². The Morgan fingerprint density at radius 2 is 2.13 bits per heavy atom. The molecule has 1 aliphatic rings. The topological polar surface area (TPSA) is 48.1 Å². The van der Waals surface area contributed by atoms with Crippen LogP contribution >= 0.6 is 15.9 Å². The summed E-state index contributed by atoms with van der Waals surface area (Å²) >= 11 is 3.32. The number of hydrogen-bond acceptors (Lipinski definition) is 3. The average molecular weight is 271 g/mol. The molecule has 0 radical (unpaired) electrons. The maximum absolute atomic E-state index is 6.21. The molecule has 0 aliphatic carbocycles. The van der Waals surface area contributed by atoms with Gasteiger partial charge >= 0.3 is 0 Å². The molecule has 0 unspecified atom stereocenters. The van der Waals surface area contributed by atoms with E-state index in [1.165, 1.54) is 0 Å². The smallest absolute Gasteiger partial charge is 0.106 e. The molecule has 0 saturated carbocycles. The van der Waals surface area contributed by atoms with E-state index in [2.05, 4.69) is 20.9 Å². The molecule has 3 nitrogen and oxygen atoms in total. The summed E-state index contributed by atoms with van der Waals surface area (Å²) in [4.78, 5) is 4.20. The number of aromatic nitrogens is 1. The minimum Gasteiger partial charge on any atom is -0.381 e. The summed E-state index contributed by atoms with van der Waals surface area (Å²) < 4.78 is 6.18. The number of rotatable bonds is 2. The van der Waals surface area contributed by atoms with Gasteiger partial charge in [-0.05, 0) is 46.3 Å². The fourth-order valence-corrected chi connectivity index (χ4v) is 2.17. The molecule has 82 valence electrons. The van der Waals surface area contributed by atoms with Gasteiger partial charge in [-0.3, -0.25) is 0 Å². The van der Waals surface area contributed by atoms with Gasteiger partial charge in [-0.25, -0.2) is 4.98 Å². The van der Waals surface area contributed by atoms with Gasteiger partial charge in [0, 0.05) is 25.5 Å². The van der Waals surface area contributed by atoms with Gasteiger partial charge in [0.15, 0.2) is 0 Å². The molecule has 1 aromatic heterocycles. The fourth-order valence-electron chi connectivity index (χ4n) is 1.93. The lowest BCUT2D eigenvalue weighted by molar-refractivity contribution is 0.0583. The van der Waals surface area contributed by atoms with E-state index in [0.29, 0.717) is 5.92 Å². The Bertz CT molecular complexity index is 309. The minimum absolute atomic E-state index is 0.0921. The Morgan fingerprint density at radius 3 is 2.73 bits per heavy atom. The van der Waals surface area contributed by atoms with Crippen LogP contribution < -0.4 is 5.73 Å². The maximum atomic E-state index is 6.21. The van der Waals surface area contributed by atoms with Crippen LogP contribution in [0.1, 0.15) is 24.4 Å². The number of halogens is 1. The second-order valence-corrected chi connectivity index (χ2v) is 4.70. The van der Waals surface area contributed by atoms with Gasteiger partial charge in [0.1, 0.15) is 4.60 Å². The van der Waals surface area contributed by atoms with Gasteiger partial charge in [0.2, 0.25) is 0 Å². The molecule has 2 N–H and O–H groups in total. The number of nitrogens with zero attached hydrogens (tertiary/aromatic N) is 1. The molecular weight excluding hydrogens is 256 g/mol. The quantitative estimate of drug-likeness (QED) is 0.839. The molecule has 0 spiro atoms. The molecular formula is C11H15BrN2O. The molecule has 2 heterocycles. The van der Waals surface area contributed by atoms with Gasteiger partial charge in [0.05, 0.1) is 0 Å². The molecule has 1 aliphatic heterocycles. The number of pyridine rings is 1. The Kier molecular flexibility index (Phi) is 3.72. The van der Waals surface area contributed by atoms with Crippen LogP contribution in [0.3, 0.4) is 0 Å². The predicted molar refractivity (Wildman–Crippen MR) is 62.4 cm³/mol. The summed E-state index contributed by atoms with van der Waals surface area (Å²) in [5.74, 6) is 0.529. The summed E-state index contributed by atoms with van der Waals surface area (Å²) in [5, 5.41) is 0. The van der Waals surface area contributed by atoms with E-state index >= 15 is 0 Å². The van der Waals surface area contributed by atoms with Crippen molar-refractivity contribution >= 4 is 15.9 Å². The van der Waals surface area contributed by atoms with E-state index in [9.17, 15) is 0 Å². The Labute approximate surface area is 98.2 Å².